The van der Waals surface area contributed by atoms with Crippen LogP contribution in [-0.4, -0.2) is 38.8 Å². The molecule has 0 saturated carbocycles. The van der Waals surface area contributed by atoms with Gasteiger partial charge in [-0.15, -0.1) is 5.10 Å². The molecule has 0 atom stereocenters. The van der Waals surface area contributed by atoms with Crippen LogP contribution in [0.2, 0.25) is 0 Å². The largest absolute Gasteiger partial charge is 0.481 e. The van der Waals surface area contributed by atoms with Crippen LogP contribution in [0.3, 0.4) is 0 Å². The first-order valence-electron chi connectivity index (χ1n) is 5.96. The molecule has 1 aromatic rings. The number of carbonyl (C=O) groups is 2. The quantitative estimate of drug-likeness (QED) is 0.704. The van der Waals surface area contributed by atoms with E-state index in [0.29, 0.717) is 12.8 Å². The summed E-state index contributed by atoms with van der Waals surface area (Å²) in [4.78, 5) is 26.6. The summed E-state index contributed by atoms with van der Waals surface area (Å²) in [6.45, 7) is 3.60. The number of carboxylic acids is 1. The van der Waals surface area contributed by atoms with E-state index in [-0.39, 0.29) is 12.5 Å². The lowest BCUT2D eigenvalue weighted by atomic mass is 9.82. The molecule has 0 radical (unpaired) electrons. The van der Waals surface area contributed by atoms with Crippen LogP contribution >= 0.6 is 0 Å². The minimum atomic E-state index is -0.951. The molecule has 1 heterocycles. The molecule has 1 rings (SSSR count). The summed E-state index contributed by atoms with van der Waals surface area (Å²) in [5.74, 6) is -0.857. The molecule has 0 aliphatic heterocycles. The summed E-state index contributed by atoms with van der Waals surface area (Å²) < 4.78 is 0. The summed E-state index contributed by atoms with van der Waals surface area (Å²) in [7, 11) is 0. The summed E-state index contributed by atoms with van der Waals surface area (Å²) >= 11 is 0. The molecule has 19 heavy (non-hydrogen) atoms. The lowest BCUT2D eigenvalue weighted by Gasteiger charge is -2.26. The number of amides is 2. The number of nitrogens with one attached hydrogen (secondary N) is 2. The van der Waals surface area contributed by atoms with E-state index in [0.717, 1.165) is 0 Å². The van der Waals surface area contributed by atoms with Gasteiger partial charge in [-0.1, -0.05) is 13.8 Å². The van der Waals surface area contributed by atoms with Crippen molar-refractivity contribution >= 4 is 17.9 Å². The van der Waals surface area contributed by atoms with Gasteiger partial charge in [-0.2, -0.15) is 5.10 Å². The van der Waals surface area contributed by atoms with Gasteiger partial charge in [0.05, 0.1) is 17.8 Å². The van der Waals surface area contributed by atoms with Gasteiger partial charge in [-0.25, -0.2) is 9.78 Å². The second-order valence-electron chi connectivity index (χ2n) is 4.07. The molecule has 0 saturated heterocycles. The second kappa shape index (κ2) is 6.62. The molecule has 0 aromatic carbocycles. The molecule has 1 aromatic heterocycles. The molecule has 0 bridgehead atoms. The molecule has 8 heteroatoms. The number of anilines is 1. The Morgan fingerprint density at radius 2 is 2.00 bits per heavy atom. The molecule has 0 aliphatic carbocycles. The van der Waals surface area contributed by atoms with E-state index in [2.05, 4.69) is 25.8 Å². The maximum Gasteiger partial charge on any atom is 0.321 e. The van der Waals surface area contributed by atoms with E-state index in [4.69, 9.17) is 0 Å². The molecule has 8 nitrogen and oxygen atoms in total. The van der Waals surface area contributed by atoms with Crippen molar-refractivity contribution in [2.75, 3.05) is 11.9 Å². The number of hydrogen-bond donors (Lipinski definition) is 3. The highest BCUT2D eigenvalue weighted by Gasteiger charge is 2.35. The number of rotatable bonds is 6. The minimum Gasteiger partial charge on any atom is -0.481 e. The topological polar surface area (TPSA) is 117 Å². The van der Waals surface area contributed by atoms with Crippen LogP contribution < -0.4 is 10.6 Å². The zero-order valence-corrected chi connectivity index (χ0v) is 10.9. The average Bonchev–Trinajstić information content (AvgIpc) is 2.41. The Morgan fingerprint density at radius 3 is 2.47 bits per heavy atom. The van der Waals surface area contributed by atoms with Crippen molar-refractivity contribution in [1.82, 2.24) is 20.5 Å². The number of aliphatic carboxylic acids is 1. The van der Waals surface area contributed by atoms with Crippen molar-refractivity contribution in [1.29, 1.82) is 0 Å². The van der Waals surface area contributed by atoms with Gasteiger partial charge in [0.1, 0.15) is 0 Å². The third-order valence-corrected chi connectivity index (χ3v) is 3.10. The maximum atomic E-state index is 11.6. The smallest absolute Gasteiger partial charge is 0.321 e. The fourth-order valence-electron chi connectivity index (χ4n) is 1.58. The van der Waals surface area contributed by atoms with Crippen LogP contribution in [0.15, 0.2) is 12.4 Å². The van der Waals surface area contributed by atoms with Gasteiger partial charge in [0.15, 0.2) is 0 Å². The molecule has 0 unspecified atom stereocenters. The number of nitrogens with zero attached hydrogens (tertiary/aromatic N) is 3. The highest BCUT2D eigenvalue weighted by Crippen LogP contribution is 2.25. The van der Waals surface area contributed by atoms with Crippen molar-refractivity contribution in [3.63, 3.8) is 0 Å². The first-order chi connectivity index (χ1) is 9.04. The first-order valence-corrected chi connectivity index (χ1v) is 5.96. The van der Waals surface area contributed by atoms with Gasteiger partial charge in [0.2, 0.25) is 0 Å². The molecule has 0 spiro atoms. The highest BCUT2D eigenvalue weighted by atomic mass is 16.4. The molecule has 2 amide bonds. The SMILES string of the molecule is CCC(CC)(CNC(=O)Nc1nccnn1)C(=O)O. The van der Waals surface area contributed by atoms with E-state index < -0.39 is 17.4 Å². The summed E-state index contributed by atoms with van der Waals surface area (Å²) in [6, 6.07) is -0.555. The molecule has 0 aliphatic rings. The first kappa shape index (κ1) is 14.8. The van der Waals surface area contributed by atoms with Gasteiger partial charge >= 0.3 is 12.0 Å². The number of carbonyl (C=O) groups excluding carboxylic acids is 1. The van der Waals surface area contributed by atoms with Crippen molar-refractivity contribution in [2.45, 2.75) is 26.7 Å². The summed E-state index contributed by atoms with van der Waals surface area (Å²) in [6.07, 6.45) is 3.64. The fraction of sp³-hybridized carbons (Fsp3) is 0.545. The monoisotopic (exact) mass is 267 g/mol. The maximum absolute atomic E-state index is 11.6. The zero-order chi connectivity index (χ0) is 14.3. The standard InChI is InChI=1S/C11H17N5O3/c1-3-11(4-2,8(17)18)7-13-10(19)15-9-12-5-6-14-16-9/h5-6H,3-4,7H2,1-2H3,(H,17,18)(H2,12,13,15,16,19). The van der Waals surface area contributed by atoms with Crippen LogP contribution in [0, 0.1) is 5.41 Å². The Bertz CT molecular complexity index is 433. The van der Waals surface area contributed by atoms with E-state index in [1.165, 1.54) is 12.4 Å². The molecular weight excluding hydrogens is 250 g/mol. The Labute approximate surface area is 110 Å². The van der Waals surface area contributed by atoms with Crippen LogP contribution in [0.4, 0.5) is 10.7 Å². The van der Waals surface area contributed by atoms with Crippen LogP contribution in [0.5, 0.6) is 0 Å². The van der Waals surface area contributed by atoms with Crippen LogP contribution in [-0.2, 0) is 4.79 Å². The van der Waals surface area contributed by atoms with E-state index >= 15 is 0 Å². The Kier molecular flexibility index (Phi) is 5.16. The predicted molar refractivity (Wildman–Crippen MR) is 67.5 cm³/mol. The molecule has 3 N–H and O–H groups in total. The van der Waals surface area contributed by atoms with Crippen molar-refractivity contribution < 1.29 is 14.7 Å². The normalized spacial score (nSPS) is 10.8. The van der Waals surface area contributed by atoms with Crippen LogP contribution in [0.25, 0.3) is 0 Å². The van der Waals surface area contributed by atoms with E-state index in [1.807, 2.05) is 0 Å². The molecule has 0 fully saturated rings. The fourth-order valence-corrected chi connectivity index (χ4v) is 1.58. The van der Waals surface area contributed by atoms with Crippen molar-refractivity contribution in [3.8, 4) is 0 Å². The highest BCUT2D eigenvalue weighted by molar-refractivity contribution is 5.87. The summed E-state index contributed by atoms with van der Waals surface area (Å²) in [5.41, 5.74) is -0.951. The van der Waals surface area contributed by atoms with Gasteiger partial charge in [0, 0.05) is 6.54 Å². The van der Waals surface area contributed by atoms with Crippen molar-refractivity contribution in [2.24, 2.45) is 5.41 Å². The zero-order valence-electron chi connectivity index (χ0n) is 10.9. The number of aromatic nitrogens is 3. The van der Waals surface area contributed by atoms with E-state index in [9.17, 15) is 14.7 Å². The summed E-state index contributed by atoms with van der Waals surface area (Å²) in [5, 5.41) is 21.3. The molecular formula is C11H17N5O3. The van der Waals surface area contributed by atoms with Gasteiger partial charge in [-0.05, 0) is 12.8 Å². The third kappa shape index (κ3) is 3.87. The predicted octanol–water partition coefficient (Wildman–Crippen LogP) is 0.884. The Morgan fingerprint density at radius 1 is 1.32 bits per heavy atom. The third-order valence-electron chi connectivity index (χ3n) is 3.10. The van der Waals surface area contributed by atoms with Gasteiger partial charge in [-0.3, -0.25) is 10.1 Å². The Balaban J connectivity index is 2.56. The number of carboxylic acid groups (broad SMARTS) is 1. The van der Waals surface area contributed by atoms with Crippen molar-refractivity contribution in [3.05, 3.63) is 12.4 Å². The second-order valence-corrected chi connectivity index (χ2v) is 4.07. The lowest BCUT2D eigenvalue weighted by molar-refractivity contribution is -0.149. The average molecular weight is 267 g/mol. The van der Waals surface area contributed by atoms with Gasteiger partial charge < -0.3 is 10.4 Å². The number of hydrogen-bond acceptors (Lipinski definition) is 5. The van der Waals surface area contributed by atoms with Gasteiger partial charge in [0.25, 0.3) is 5.95 Å². The van der Waals surface area contributed by atoms with Crippen LogP contribution in [0.1, 0.15) is 26.7 Å². The molecule has 104 valence electrons. The number of urea groups is 1. The lowest BCUT2D eigenvalue weighted by Crippen LogP contribution is -2.43. The minimum absolute atomic E-state index is 0.0431. The Hall–Kier alpha value is -2.25. The van der Waals surface area contributed by atoms with E-state index in [1.54, 1.807) is 13.8 Å².